The summed E-state index contributed by atoms with van der Waals surface area (Å²) < 4.78 is 16.4. The molecule has 0 fully saturated rings. The first-order valence-electron chi connectivity index (χ1n) is 8.94. The van der Waals surface area contributed by atoms with Crippen molar-refractivity contribution in [1.82, 2.24) is 0 Å². The zero-order valence-electron chi connectivity index (χ0n) is 14.7. The third-order valence-electron chi connectivity index (χ3n) is 5.07. The lowest BCUT2D eigenvalue weighted by Gasteiger charge is -2.21. The summed E-state index contributed by atoms with van der Waals surface area (Å²) in [6, 6.07) is 5.62. The average Bonchev–Trinajstić information content (AvgIpc) is 3.09. The van der Waals surface area contributed by atoms with E-state index < -0.39 is 0 Å². The average molecular weight is 393 g/mol. The van der Waals surface area contributed by atoms with Crippen molar-refractivity contribution < 1.29 is 19.0 Å². The number of esters is 1. The largest absolute Gasteiger partial charge is 0.467 e. The van der Waals surface area contributed by atoms with Gasteiger partial charge in [0.1, 0.15) is 17.2 Å². The van der Waals surface area contributed by atoms with Gasteiger partial charge in [0.05, 0.1) is 6.61 Å². The molecule has 0 radical (unpaired) electrons. The molecule has 0 spiro atoms. The molecule has 138 valence electrons. The number of hydrogen-bond donors (Lipinski definition) is 0. The summed E-state index contributed by atoms with van der Waals surface area (Å²) in [5.41, 5.74) is 2.98. The lowest BCUT2D eigenvalue weighted by molar-refractivity contribution is -0.0180. The Morgan fingerprint density at radius 3 is 3.08 bits per heavy atom. The van der Waals surface area contributed by atoms with Crippen LogP contribution in [0.4, 0.5) is 0 Å². The molecular weight excluding hydrogens is 372 g/mol. The number of rotatable bonds is 4. The number of aryl methyl sites for hydroxylation is 1. The van der Waals surface area contributed by atoms with Crippen molar-refractivity contribution in [3.8, 4) is 5.75 Å². The Balaban J connectivity index is 1.47. The van der Waals surface area contributed by atoms with E-state index in [1.54, 1.807) is 17.4 Å². The second-order valence-electron chi connectivity index (χ2n) is 6.82. The van der Waals surface area contributed by atoms with E-state index in [1.807, 2.05) is 12.1 Å². The molecule has 4 rings (SSSR count). The van der Waals surface area contributed by atoms with E-state index in [-0.39, 0.29) is 19.4 Å². The molecule has 2 heterocycles. The predicted molar refractivity (Wildman–Crippen MR) is 101 cm³/mol. The maximum Gasteiger partial charge on any atom is 0.348 e. The summed E-state index contributed by atoms with van der Waals surface area (Å²) in [7, 11) is 0. The molecule has 0 N–H and O–H groups in total. The molecule has 1 aromatic heterocycles. The van der Waals surface area contributed by atoms with E-state index in [0.717, 1.165) is 29.9 Å². The Morgan fingerprint density at radius 2 is 2.23 bits per heavy atom. The van der Waals surface area contributed by atoms with E-state index in [0.29, 0.717) is 22.3 Å². The number of benzene rings is 1. The molecule has 2 aromatic rings. The molecule has 4 nitrogen and oxygen atoms in total. The maximum absolute atomic E-state index is 12.5. The van der Waals surface area contributed by atoms with Gasteiger partial charge in [-0.25, -0.2) is 4.79 Å². The number of halogens is 1. The van der Waals surface area contributed by atoms with Crippen LogP contribution < -0.4 is 4.74 Å². The highest BCUT2D eigenvalue weighted by Gasteiger charge is 2.23. The highest BCUT2D eigenvalue weighted by molar-refractivity contribution is 7.14. The standard InChI is InChI=1S/C20H21ClO4S/c1-2-12-3-4-17-13(5-12)8-18(26-17)20(22)24-10-15-7-16(21)6-14-9-23-11-25-19(14)15/h6-8,12H,2-5,9-11H2,1H3/t12-/m0/s1. The second kappa shape index (κ2) is 7.59. The van der Waals surface area contributed by atoms with Crippen molar-refractivity contribution in [3.05, 3.63) is 49.7 Å². The molecule has 0 saturated heterocycles. The summed E-state index contributed by atoms with van der Waals surface area (Å²) in [6.07, 6.45) is 4.55. The molecule has 26 heavy (non-hydrogen) atoms. The Hall–Kier alpha value is -1.56. The number of thiophene rings is 1. The maximum atomic E-state index is 12.5. The van der Waals surface area contributed by atoms with E-state index >= 15 is 0 Å². The Morgan fingerprint density at radius 1 is 1.35 bits per heavy atom. The monoisotopic (exact) mass is 392 g/mol. The van der Waals surface area contributed by atoms with Crippen molar-refractivity contribution >= 4 is 28.9 Å². The van der Waals surface area contributed by atoms with E-state index in [1.165, 1.54) is 23.3 Å². The lowest BCUT2D eigenvalue weighted by Crippen LogP contribution is -2.14. The highest BCUT2D eigenvalue weighted by atomic mass is 35.5. The molecule has 0 bridgehead atoms. The zero-order valence-corrected chi connectivity index (χ0v) is 16.3. The number of fused-ring (bicyclic) bond motifs is 2. The van der Waals surface area contributed by atoms with E-state index in [2.05, 4.69) is 6.92 Å². The van der Waals surface area contributed by atoms with Crippen LogP contribution in [0.2, 0.25) is 5.02 Å². The van der Waals surface area contributed by atoms with Crippen molar-refractivity contribution in [2.24, 2.45) is 5.92 Å². The van der Waals surface area contributed by atoms with Crippen molar-refractivity contribution in [2.45, 2.75) is 45.8 Å². The van der Waals surface area contributed by atoms with Gasteiger partial charge < -0.3 is 14.2 Å². The third-order valence-corrected chi connectivity index (χ3v) is 6.51. The van der Waals surface area contributed by atoms with Gasteiger partial charge in [0.2, 0.25) is 0 Å². The van der Waals surface area contributed by atoms with E-state index in [4.69, 9.17) is 25.8 Å². The van der Waals surface area contributed by atoms with Gasteiger partial charge in [0.15, 0.2) is 6.79 Å². The van der Waals surface area contributed by atoms with Gasteiger partial charge in [-0.05, 0) is 48.9 Å². The molecule has 1 aromatic carbocycles. The van der Waals surface area contributed by atoms with Crippen LogP contribution in [0.1, 0.15) is 51.0 Å². The summed E-state index contributed by atoms with van der Waals surface area (Å²) in [4.78, 5) is 14.6. The van der Waals surface area contributed by atoms with Gasteiger partial charge in [-0.15, -0.1) is 11.3 Å². The lowest BCUT2D eigenvalue weighted by atomic mass is 9.87. The number of hydrogen-bond acceptors (Lipinski definition) is 5. The Labute approximate surface area is 162 Å². The summed E-state index contributed by atoms with van der Waals surface area (Å²) in [5, 5.41) is 0.584. The van der Waals surface area contributed by atoms with Crippen LogP contribution >= 0.6 is 22.9 Å². The fraction of sp³-hybridized carbons (Fsp3) is 0.450. The molecule has 0 saturated carbocycles. The predicted octanol–water partition coefficient (Wildman–Crippen LogP) is 5.14. The first kappa shape index (κ1) is 17.8. The van der Waals surface area contributed by atoms with Gasteiger partial charge in [0.25, 0.3) is 0 Å². The molecular formula is C20H21ClO4S. The Bertz CT molecular complexity index is 829. The summed E-state index contributed by atoms with van der Waals surface area (Å²) >= 11 is 7.73. The van der Waals surface area contributed by atoms with Crippen LogP contribution in [-0.2, 0) is 35.5 Å². The molecule has 2 aliphatic rings. The fourth-order valence-corrected chi connectivity index (χ4v) is 4.99. The minimum absolute atomic E-state index is 0.141. The first-order chi connectivity index (χ1) is 12.6. The van der Waals surface area contributed by atoms with E-state index in [9.17, 15) is 4.79 Å². The number of ether oxygens (including phenoxy) is 3. The third kappa shape index (κ3) is 3.61. The topological polar surface area (TPSA) is 44.8 Å². The van der Waals surface area contributed by atoms with Gasteiger partial charge in [-0.1, -0.05) is 24.9 Å². The summed E-state index contributed by atoms with van der Waals surface area (Å²) in [5.74, 6) is 1.17. The quantitative estimate of drug-likeness (QED) is 0.676. The van der Waals surface area contributed by atoms with Crippen LogP contribution in [-0.4, -0.2) is 12.8 Å². The SMILES string of the molecule is CC[C@H]1CCc2sc(C(=O)OCc3cc(Cl)cc4c3OCOC4)cc2C1. The van der Waals surface area contributed by atoms with Crippen LogP contribution in [0.25, 0.3) is 0 Å². The van der Waals surface area contributed by atoms with Crippen LogP contribution in [0, 0.1) is 5.92 Å². The van der Waals surface area contributed by atoms with Crippen LogP contribution in [0.5, 0.6) is 5.75 Å². The minimum atomic E-state index is -0.279. The molecule has 1 aliphatic heterocycles. The molecule has 6 heteroatoms. The first-order valence-corrected chi connectivity index (χ1v) is 10.1. The van der Waals surface area contributed by atoms with Crippen LogP contribution in [0.15, 0.2) is 18.2 Å². The number of carbonyl (C=O) groups excluding carboxylic acids is 1. The second-order valence-corrected chi connectivity index (χ2v) is 8.39. The van der Waals surface area contributed by atoms with Crippen molar-refractivity contribution in [2.75, 3.05) is 6.79 Å². The molecule has 0 amide bonds. The van der Waals surface area contributed by atoms with Crippen molar-refractivity contribution in [1.29, 1.82) is 0 Å². The van der Waals surface area contributed by atoms with Crippen LogP contribution in [0.3, 0.4) is 0 Å². The van der Waals surface area contributed by atoms with Gasteiger partial charge >= 0.3 is 5.97 Å². The van der Waals surface area contributed by atoms with Crippen molar-refractivity contribution in [3.63, 3.8) is 0 Å². The number of carbonyl (C=O) groups is 1. The minimum Gasteiger partial charge on any atom is -0.467 e. The van der Waals surface area contributed by atoms with Gasteiger partial charge in [-0.3, -0.25) is 0 Å². The van der Waals surface area contributed by atoms with Gasteiger partial charge in [-0.2, -0.15) is 0 Å². The molecule has 1 atom stereocenters. The highest BCUT2D eigenvalue weighted by Crippen LogP contribution is 2.35. The Kier molecular flexibility index (Phi) is 5.20. The molecule has 0 unspecified atom stereocenters. The normalized spacial score (nSPS) is 18.6. The zero-order chi connectivity index (χ0) is 18.1. The smallest absolute Gasteiger partial charge is 0.348 e. The van der Waals surface area contributed by atoms with Gasteiger partial charge in [0, 0.05) is 21.0 Å². The molecule has 1 aliphatic carbocycles. The summed E-state index contributed by atoms with van der Waals surface area (Å²) in [6.45, 7) is 3.02. The fourth-order valence-electron chi connectivity index (χ4n) is 3.63.